The van der Waals surface area contributed by atoms with Gasteiger partial charge in [0.25, 0.3) is 0 Å². The van der Waals surface area contributed by atoms with E-state index in [1.807, 2.05) is 13.0 Å². The average molecular weight is 318 g/mol. The van der Waals surface area contributed by atoms with Crippen LogP contribution in [-0.2, 0) is 4.79 Å². The van der Waals surface area contributed by atoms with Crippen molar-refractivity contribution in [2.45, 2.75) is 66.8 Å². The van der Waals surface area contributed by atoms with E-state index in [4.69, 9.17) is 0 Å². The van der Waals surface area contributed by atoms with Crippen molar-refractivity contribution < 1.29 is 4.79 Å². The minimum absolute atomic E-state index is 0.0958. The molecule has 1 amide bonds. The molecule has 0 aliphatic carbocycles. The summed E-state index contributed by atoms with van der Waals surface area (Å²) in [4.78, 5) is 15.0. The molecule has 0 spiro atoms. The Balaban J connectivity index is 2.86. The van der Waals surface area contributed by atoms with Crippen molar-refractivity contribution in [3.05, 3.63) is 35.9 Å². The highest BCUT2D eigenvalue weighted by atomic mass is 16.2. The van der Waals surface area contributed by atoms with Gasteiger partial charge in [0.2, 0.25) is 5.91 Å². The Kier molecular flexibility index (Phi) is 8.36. The van der Waals surface area contributed by atoms with Crippen LogP contribution >= 0.6 is 0 Å². The molecule has 0 heterocycles. The van der Waals surface area contributed by atoms with Crippen LogP contribution in [-0.4, -0.2) is 17.4 Å². The molecule has 0 saturated heterocycles. The molecule has 1 aromatic carbocycles. The van der Waals surface area contributed by atoms with Gasteiger partial charge >= 0.3 is 0 Å². The molecule has 0 aliphatic heterocycles. The van der Waals surface area contributed by atoms with Crippen LogP contribution in [0.1, 0.15) is 72.4 Å². The topological polar surface area (TPSA) is 20.3 Å². The maximum atomic E-state index is 12.9. The zero-order chi connectivity index (χ0) is 17.4. The van der Waals surface area contributed by atoms with Crippen LogP contribution in [0.4, 0.5) is 0 Å². The molecule has 0 aliphatic rings. The smallest absolute Gasteiger partial charge is 0.225 e. The van der Waals surface area contributed by atoms with Crippen LogP contribution in [0.25, 0.3) is 0 Å². The minimum Gasteiger partial charge on any atom is -0.335 e. The van der Waals surface area contributed by atoms with Crippen LogP contribution in [0.2, 0.25) is 0 Å². The second-order valence-electron chi connectivity index (χ2n) is 7.46. The summed E-state index contributed by atoms with van der Waals surface area (Å²) in [6.45, 7) is 14.0. The predicted molar refractivity (Wildman–Crippen MR) is 99.3 cm³/mol. The second kappa shape index (κ2) is 9.75. The third-order valence-electron chi connectivity index (χ3n) is 4.81. The summed E-state index contributed by atoms with van der Waals surface area (Å²) in [5.74, 6) is 1.65. The van der Waals surface area contributed by atoms with E-state index in [2.05, 4.69) is 63.8 Å². The van der Waals surface area contributed by atoms with Gasteiger partial charge in [0.15, 0.2) is 0 Å². The Hall–Kier alpha value is -1.31. The minimum atomic E-state index is 0.0958. The molecule has 0 bridgehead atoms. The van der Waals surface area contributed by atoms with Gasteiger partial charge in [-0.3, -0.25) is 4.79 Å². The molecular weight excluding hydrogens is 282 g/mol. The highest BCUT2D eigenvalue weighted by Gasteiger charge is 2.26. The predicted octanol–water partition coefficient (Wildman–Crippen LogP) is 5.69. The van der Waals surface area contributed by atoms with Gasteiger partial charge in [-0.05, 0) is 37.2 Å². The lowest BCUT2D eigenvalue weighted by Crippen LogP contribution is -2.40. The van der Waals surface area contributed by atoms with E-state index in [1.54, 1.807) is 0 Å². The lowest BCUT2D eigenvalue weighted by Gasteiger charge is -2.34. The van der Waals surface area contributed by atoms with Gasteiger partial charge in [-0.2, -0.15) is 0 Å². The Labute approximate surface area is 143 Å². The van der Waals surface area contributed by atoms with Crippen LogP contribution in [0.3, 0.4) is 0 Å². The first kappa shape index (κ1) is 19.7. The number of benzene rings is 1. The Morgan fingerprint density at radius 2 is 1.61 bits per heavy atom. The van der Waals surface area contributed by atoms with Gasteiger partial charge in [0, 0.05) is 12.5 Å². The Bertz CT molecular complexity index is 454. The van der Waals surface area contributed by atoms with E-state index in [1.165, 1.54) is 18.4 Å². The molecule has 0 aromatic heterocycles. The van der Waals surface area contributed by atoms with Crippen LogP contribution in [0, 0.1) is 17.8 Å². The third kappa shape index (κ3) is 6.37. The van der Waals surface area contributed by atoms with Gasteiger partial charge in [0.1, 0.15) is 0 Å². The summed E-state index contributed by atoms with van der Waals surface area (Å²) in [7, 11) is 0. The highest BCUT2D eigenvalue weighted by molar-refractivity contribution is 5.79. The number of carbonyl (C=O) groups is 1. The van der Waals surface area contributed by atoms with E-state index < -0.39 is 0 Å². The molecule has 3 unspecified atom stereocenters. The molecule has 0 radical (unpaired) electrons. The molecule has 0 fully saturated rings. The van der Waals surface area contributed by atoms with Crippen molar-refractivity contribution >= 4 is 5.91 Å². The summed E-state index contributed by atoms with van der Waals surface area (Å²) < 4.78 is 0. The van der Waals surface area contributed by atoms with Crippen molar-refractivity contribution in [1.82, 2.24) is 4.90 Å². The quantitative estimate of drug-likeness (QED) is 0.572. The Morgan fingerprint density at radius 1 is 1.00 bits per heavy atom. The molecular formula is C21H35NO. The van der Waals surface area contributed by atoms with E-state index in [9.17, 15) is 4.79 Å². The monoisotopic (exact) mass is 317 g/mol. The molecule has 0 N–H and O–H groups in total. The number of nitrogens with zero attached hydrogens (tertiary/aromatic N) is 1. The molecule has 2 heteroatoms. The van der Waals surface area contributed by atoms with Gasteiger partial charge in [-0.1, -0.05) is 71.4 Å². The molecule has 0 saturated carbocycles. The van der Waals surface area contributed by atoms with Crippen molar-refractivity contribution in [3.8, 4) is 0 Å². The molecule has 130 valence electrons. The maximum Gasteiger partial charge on any atom is 0.225 e. The van der Waals surface area contributed by atoms with E-state index in [0.29, 0.717) is 11.8 Å². The number of amides is 1. The van der Waals surface area contributed by atoms with E-state index >= 15 is 0 Å². The largest absolute Gasteiger partial charge is 0.335 e. The van der Waals surface area contributed by atoms with E-state index in [0.717, 1.165) is 18.9 Å². The molecule has 1 rings (SSSR count). The Morgan fingerprint density at radius 3 is 2.13 bits per heavy atom. The summed E-state index contributed by atoms with van der Waals surface area (Å²) >= 11 is 0. The van der Waals surface area contributed by atoms with Crippen molar-refractivity contribution in [1.29, 1.82) is 0 Å². The fraction of sp³-hybridized carbons (Fsp3) is 0.667. The summed E-state index contributed by atoms with van der Waals surface area (Å²) in [5.41, 5.74) is 1.22. The lowest BCUT2D eigenvalue weighted by atomic mass is 9.96. The van der Waals surface area contributed by atoms with Gasteiger partial charge < -0.3 is 4.90 Å². The second-order valence-corrected chi connectivity index (χ2v) is 7.46. The summed E-state index contributed by atoms with van der Waals surface area (Å²) in [6, 6.07) is 10.5. The number of hydrogen-bond donors (Lipinski definition) is 0. The fourth-order valence-corrected chi connectivity index (χ4v) is 2.85. The SMILES string of the molecule is CCC(C)C(=O)N(CC(C)CCC(C)C)C(C)c1ccccc1. The maximum absolute atomic E-state index is 12.9. The molecule has 2 nitrogen and oxygen atoms in total. The average Bonchev–Trinajstić information content (AvgIpc) is 2.56. The van der Waals surface area contributed by atoms with Crippen LogP contribution in [0.5, 0.6) is 0 Å². The molecule has 1 aromatic rings. The van der Waals surface area contributed by atoms with Crippen LogP contribution < -0.4 is 0 Å². The van der Waals surface area contributed by atoms with E-state index in [-0.39, 0.29) is 12.0 Å². The van der Waals surface area contributed by atoms with Crippen LogP contribution in [0.15, 0.2) is 30.3 Å². The number of carbonyl (C=O) groups excluding carboxylic acids is 1. The summed E-state index contributed by atoms with van der Waals surface area (Å²) in [5, 5.41) is 0. The standard InChI is InChI=1S/C21H35NO/c1-7-18(5)21(23)22(15-17(4)14-13-16(2)3)19(6)20-11-9-8-10-12-20/h8-12,16-19H,7,13-15H2,1-6H3. The van der Waals surface area contributed by atoms with Gasteiger partial charge in [0.05, 0.1) is 6.04 Å². The van der Waals surface area contributed by atoms with Crippen molar-refractivity contribution in [2.24, 2.45) is 17.8 Å². The third-order valence-corrected chi connectivity index (χ3v) is 4.81. The number of hydrogen-bond acceptors (Lipinski definition) is 1. The molecule has 3 atom stereocenters. The van der Waals surface area contributed by atoms with Gasteiger partial charge in [-0.25, -0.2) is 0 Å². The van der Waals surface area contributed by atoms with Crippen molar-refractivity contribution in [2.75, 3.05) is 6.54 Å². The van der Waals surface area contributed by atoms with Crippen molar-refractivity contribution in [3.63, 3.8) is 0 Å². The molecule has 23 heavy (non-hydrogen) atoms. The summed E-state index contributed by atoms with van der Waals surface area (Å²) in [6.07, 6.45) is 3.31. The normalized spacial score (nSPS) is 15.3. The fourth-order valence-electron chi connectivity index (χ4n) is 2.85. The lowest BCUT2D eigenvalue weighted by molar-refractivity contribution is -0.138. The highest BCUT2D eigenvalue weighted by Crippen LogP contribution is 2.25. The van der Waals surface area contributed by atoms with Gasteiger partial charge in [-0.15, -0.1) is 0 Å². The number of rotatable bonds is 9. The first-order valence-electron chi connectivity index (χ1n) is 9.22. The zero-order valence-corrected chi connectivity index (χ0v) is 15.9. The first-order valence-corrected chi connectivity index (χ1v) is 9.22. The first-order chi connectivity index (χ1) is 10.9. The zero-order valence-electron chi connectivity index (χ0n) is 15.9.